The molecule has 15 heavy (non-hydrogen) atoms. The van der Waals surface area contributed by atoms with Crippen molar-refractivity contribution < 1.29 is 9.53 Å². The number of esters is 1. The van der Waals surface area contributed by atoms with Crippen molar-refractivity contribution in [1.29, 1.82) is 0 Å². The third-order valence-corrected chi connectivity index (χ3v) is 1.85. The van der Waals surface area contributed by atoms with Gasteiger partial charge >= 0.3 is 5.97 Å². The number of rotatable bonds is 4. The Morgan fingerprint density at radius 2 is 2.07 bits per heavy atom. The molecule has 0 aliphatic carbocycles. The van der Waals surface area contributed by atoms with Crippen LogP contribution in [0.2, 0.25) is 0 Å². The van der Waals surface area contributed by atoms with E-state index in [2.05, 4.69) is 6.58 Å². The molecule has 2 nitrogen and oxygen atoms in total. The van der Waals surface area contributed by atoms with E-state index >= 15 is 0 Å². The van der Waals surface area contributed by atoms with Crippen molar-refractivity contribution in [2.24, 2.45) is 0 Å². The van der Waals surface area contributed by atoms with Crippen LogP contribution in [0.3, 0.4) is 0 Å². The topological polar surface area (TPSA) is 26.3 Å². The first kappa shape index (κ1) is 11.2. The maximum Gasteiger partial charge on any atom is 0.338 e. The van der Waals surface area contributed by atoms with Crippen LogP contribution in [0.4, 0.5) is 0 Å². The minimum absolute atomic E-state index is 0.281. The van der Waals surface area contributed by atoms with E-state index in [1.54, 1.807) is 25.1 Å². The average Bonchev–Trinajstić information content (AvgIpc) is 2.27. The molecule has 0 fully saturated rings. The number of benzene rings is 1. The van der Waals surface area contributed by atoms with Crippen molar-refractivity contribution in [2.45, 2.75) is 6.92 Å². The van der Waals surface area contributed by atoms with Gasteiger partial charge in [0, 0.05) is 0 Å². The summed E-state index contributed by atoms with van der Waals surface area (Å²) in [6.07, 6.45) is 5.47. The van der Waals surface area contributed by atoms with Gasteiger partial charge in [0.05, 0.1) is 12.2 Å². The van der Waals surface area contributed by atoms with Crippen LogP contribution in [0.15, 0.2) is 43.0 Å². The zero-order valence-corrected chi connectivity index (χ0v) is 8.77. The molecule has 0 aliphatic heterocycles. The molecule has 0 aromatic heterocycles. The van der Waals surface area contributed by atoms with Gasteiger partial charge in [0.15, 0.2) is 0 Å². The summed E-state index contributed by atoms with van der Waals surface area (Å²) in [5.41, 5.74) is 1.61. The maximum atomic E-state index is 11.3. The van der Waals surface area contributed by atoms with Gasteiger partial charge in [0.1, 0.15) is 0 Å². The molecule has 0 unspecified atom stereocenters. The van der Waals surface area contributed by atoms with Gasteiger partial charge in [0.2, 0.25) is 0 Å². The van der Waals surface area contributed by atoms with Gasteiger partial charge in [-0.05, 0) is 24.6 Å². The first-order valence-electron chi connectivity index (χ1n) is 4.84. The first-order chi connectivity index (χ1) is 7.27. The number of ether oxygens (including phenoxy) is 1. The van der Waals surface area contributed by atoms with Crippen LogP contribution in [0.5, 0.6) is 0 Å². The second-order valence-corrected chi connectivity index (χ2v) is 2.94. The number of allylic oxidation sites excluding steroid dienone is 2. The standard InChI is InChI=1S/C13H14O2/c1-3-5-6-11-7-9-12(10-8-11)13(14)15-4-2/h3,5-10H,1,4H2,2H3/b6-5+. The van der Waals surface area contributed by atoms with Crippen molar-refractivity contribution in [2.75, 3.05) is 6.61 Å². The van der Waals surface area contributed by atoms with E-state index in [4.69, 9.17) is 4.74 Å². The number of hydrogen-bond donors (Lipinski definition) is 0. The molecule has 2 heteroatoms. The normalized spacial score (nSPS) is 10.2. The smallest absolute Gasteiger partial charge is 0.338 e. The largest absolute Gasteiger partial charge is 0.462 e. The highest BCUT2D eigenvalue weighted by atomic mass is 16.5. The third-order valence-electron chi connectivity index (χ3n) is 1.85. The summed E-state index contributed by atoms with van der Waals surface area (Å²) in [6, 6.07) is 7.24. The predicted octanol–water partition coefficient (Wildman–Crippen LogP) is 3.06. The van der Waals surface area contributed by atoms with Crippen molar-refractivity contribution in [1.82, 2.24) is 0 Å². The molecule has 78 valence electrons. The van der Waals surface area contributed by atoms with E-state index in [1.807, 2.05) is 24.3 Å². The van der Waals surface area contributed by atoms with Crippen molar-refractivity contribution in [3.05, 3.63) is 54.1 Å². The second-order valence-electron chi connectivity index (χ2n) is 2.94. The lowest BCUT2D eigenvalue weighted by Crippen LogP contribution is -2.03. The summed E-state index contributed by atoms with van der Waals surface area (Å²) in [4.78, 5) is 11.3. The quantitative estimate of drug-likeness (QED) is 0.554. The highest BCUT2D eigenvalue weighted by molar-refractivity contribution is 5.89. The first-order valence-corrected chi connectivity index (χ1v) is 4.84. The summed E-state index contributed by atoms with van der Waals surface area (Å²) in [7, 11) is 0. The fourth-order valence-corrected chi connectivity index (χ4v) is 1.12. The highest BCUT2D eigenvalue weighted by Crippen LogP contribution is 2.07. The van der Waals surface area contributed by atoms with E-state index in [0.717, 1.165) is 5.56 Å². The van der Waals surface area contributed by atoms with E-state index in [9.17, 15) is 4.79 Å². The second kappa shape index (κ2) is 5.81. The molecule has 0 aliphatic rings. The van der Waals surface area contributed by atoms with Gasteiger partial charge in [-0.15, -0.1) is 0 Å². The zero-order valence-electron chi connectivity index (χ0n) is 8.77. The summed E-state index contributed by atoms with van der Waals surface area (Å²) in [6.45, 7) is 5.78. The molecule has 1 rings (SSSR count). The van der Waals surface area contributed by atoms with E-state index < -0.39 is 0 Å². The molecule has 0 saturated heterocycles. The van der Waals surface area contributed by atoms with E-state index in [-0.39, 0.29) is 5.97 Å². The number of carbonyl (C=O) groups excluding carboxylic acids is 1. The van der Waals surface area contributed by atoms with E-state index in [1.165, 1.54) is 0 Å². The van der Waals surface area contributed by atoms with Crippen LogP contribution in [0.1, 0.15) is 22.8 Å². The van der Waals surface area contributed by atoms with Gasteiger partial charge in [-0.1, -0.05) is 36.9 Å². The Labute approximate surface area is 89.9 Å². The summed E-state index contributed by atoms with van der Waals surface area (Å²) < 4.78 is 4.88. The molecule has 1 aromatic rings. The summed E-state index contributed by atoms with van der Waals surface area (Å²) in [5.74, 6) is -0.281. The molecule has 0 amide bonds. The third kappa shape index (κ3) is 3.43. The van der Waals surface area contributed by atoms with Crippen LogP contribution in [0.25, 0.3) is 6.08 Å². The lowest BCUT2D eigenvalue weighted by molar-refractivity contribution is 0.0526. The average molecular weight is 202 g/mol. The predicted molar refractivity (Wildman–Crippen MR) is 61.6 cm³/mol. The minimum atomic E-state index is -0.281. The summed E-state index contributed by atoms with van der Waals surface area (Å²) >= 11 is 0. The molecule has 0 atom stereocenters. The van der Waals surface area contributed by atoms with Crippen LogP contribution in [0, 0.1) is 0 Å². The van der Waals surface area contributed by atoms with Gasteiger partial charge in [-0.3, -0.25) is 0 Å². The summed E-state index contributed by atoms with van der Waals surface area (Å²) in [5, 5.41) is 0. The molecule has 0 saturated carbocycles. The molecule has 1 aromatic carbocycles. The molecular weight excluding hydrogens is 188 g/mol. The number of carbonyl (C=O) groups is 1. The van der Waals surface area contributed by atoms with Crippen molar-refractivity contribution in [3.8, 4) is 0 Å². The zero-order chi connectivity index (χ0) is 11.1. The van der Waals surface area contributed by atoms with Crippen LogP contribution in [-0.4, -0.2) is 12.6 Å². The van der Waals surface area contributed by atoms with E-state index in [0.29, 0.717) is 12.2 Å². The molecule has 0 bridgehead atoms. The van der Waals surface area contributed by atoms with Gasteiger partial charge in [-0.25, -0.2) is 4.79 Å². The lowest BCUT2D eigenvalue weighted by Gasteiger charge is -2.01. The van der Waals surface area contributed by atoms with Gasteiger partial charge < -0.3 is 4.74 Å². The Morgan fingerprint density at radius 3 is 2.60 bits per heavy atom. The molecule has 0 N–H and O–H groups in total. The van der Waals surface area contributed by atoms with Gasteiger partial charge in [-0.2, -0.15) is 0 Å². The maximum absolute atomic E-state index is 11.3. The van der Waals surface area contributed by atoms with Crippen molar-refractivity contribution >= 4 is 12.0 Å². The SMILES string of the molecule is C=C/C=C/c1ccc(C(=O)OCC)cc1. The lowest BCUT2D eigenvalue weighted by atomic mass is 10.1. The molecule has 0 radical (unpaired) electrons. The molecule has 0 spiro atoms. The number of hydrogen-bond acceptors (Lipinski definition) is 2. The Hall–Kier alpha value is -1.83. The fourth-order valence-electron chi connectivity index (χ4n) is 1.12. The van der Waals surface area contributed by atoms with Crippen LogP contribution < -0.4 is 0 Å². The Bertz CT molecular complexity index is 361. The fraction of sp³-hybridized carbons (Fsp3) is 0.154. The van der Waals surface area contributed by atoms with Crippen LogP contribution >= 0.6 is 0 Å². The van der Waals surface area contributed by atoms with Gasteiger partial charge in [0.25, 0.3) is 0 Å². The Morgan fingerprint density at radius 1 is 1.40 bits per heavy atom. The Kier molecular flexibility index (Phi) is 4.35. The monoisotopic (exact) mass is 202 g/mol. The minimum Gasteiger partial charge on any atom is -0.462 e. The van der Waals surface area contributed by atoms with Crippen molar-refractivity contribution in [3.63, 3.8) is 0 Å². The highest BCUT2D eigenvalue weighted by Gasteiger charge is 2.04. The van der Waals surface area contributed by atoms with Crippen LogP contribution in [-0.2, 0) is 4.74 Å². The molecular formula is C13H14O2. The molecule has 0 heterocycles. The Balaban J connectivity index is 2.75.